The molecule has 12 heteroatoms. The number of nitrogens with zero attached hydrogens (tertiary/aromatic N) is 4. The molecule has 0 N–H and O–H groups in total. The minimum Gasteiger partial charge on any atom is -0.493 e. The molecule has 3 aromatic rings. The zero-order valence-corrected chi connectivity index (χ0v) is 27.7. The molecule has 1 heterocycles. The summed E-state index contributed by atoms with van der Waals surface area (Å²) in [5.41, 5.74) is 1.11. The lowest BCUT2D eigenvalue weighted by Gasteiger charge is -2.26. The van der Waals surface area contributed by atoms with Gasteiger partial charge in [-0.1, -0.05) is 39.0 Å². The molecule has 0 aliphatic heterocycles. The van der Waals surface area contributed by atoms with Gasteiger partial charge >= 0.3 is 0 Å². The van der Waals surface area contributed by atoms with Crippen molar-refractivity contribution >= 4 is 55.0 Å². The minimum atomic E-state index is -3.69. The Morgan fingerprint density at radius 2 is 1.49 bits per heavy atom. The second-order valence-electron chi connectivity index (χ2n) is 10.9. The first-order chi connectivity index (χ1) is 18.9. The number of fused-ring (bicyclic) bond motifs is 1. The SMILES string of the molecule is COc1cc2nc(N(CCCN(C)C)C(=O)c3ccc(S(=O)(=O)N(CC(C)C)CC(C)C)cc3)sc2cc1OC.Cl. The molecule has 1 aromatic heterocycles. The van der Waals surface area contributed by atoms with E-state index < -0.39 is 10.0 Å². The van der Waals surface area contributed by atoms with Crippen molar-refractivity contribution < 1.29 is 22.7 Å². The van der Waals surface area contributed by atoms with Crippen molar-refractivity contribution in [3.05, 3.63) is 42.0 Å². The third kappa shape index (κ3) is 8.78. The van der Waals surface area contributed by atoms with Crippen LogP contribution >= 0.6 is 23.7 Å². The number of anilines is 1. The third-order valence-corrected chi connectivity index (χ3v) is 9.11. The number of sulfonamides is 1. The zero-order chi connectivity index (χ0) is 29.6. The number of amides is 1. The lowest BCUT2D eigenvalue weighted by molar-refractivity contribution is 0.0986. The van der Waals surface area contributed by atoms with Crippen LogP contribution in [-0.2, 0) is 10.0 Å². The van der Waals surface area contributed by atoms with E-state index in [-0.39, 0.29) is 35.0 Å². The van der Waals surface area contributed by atoms with Gasteiger partial charge in [-0.2, -0.15) is 4.31 Å². The Morgan fingerprint density at radius 3 is 2.00 bits per heavy atom. The van der Waals surface area contributed by atoms with Gasteiger partial charge in [0.2, 0.25) is 10.0 Å². The number of ether oxygens (including phenoxy) is 2. The summed E-state index contributed by atoms with van der Waals surface area (Å²) in [5, 5.41) is 0.561. The van der Waals surface area contributed by atoms with Crippen molar-refractivity contribution in [3.63, 3.8) is 0 Å². The van der Waals surface area contributed by atoms with Gasteiger partial charge in [0.25, 0.3) is 5.91 Å². The van der Waals surface area contributed by atoms with E-state index in [2.05, 4.69) is 4.90 Å². The molecular formula is C29H43ClN4O5S2. The van der Waals surface area contributed by atoms with Crippen molar-refractivity contribution in [1.29, 1.82) is 0 Å². The average molecular weight is 627 g/mol. The Hall–Kier alpha value is -2.44. The fraction of sp³-hybridized carbons (Fsp3) is 0.517. The van der Waals surface area contributed by atoms with Gasteiger partial charge in [-0.25, -0.2) is 13.4 Å². The van der Waals surface area contributed by atoms with Crippen LogP contribution in [0.25, 0.3) is 10.2 Å². The largest absolute Gasteiger partial charge is 0.493 e. The summed E-state index contributed by atoms with van der Waals surface area (Å²) >= 11 is 1.40. The molecule has 41 heavy (non-hydrogen) atoms. The number of aromatic nitrogens is 1. The number of carbonyl (C=O) groups excluding carboxylic acids is 1. The van der Waals surface area contributed by atoms with Crippen LogP contribution in [0.4, 0.5) is 5.13 Å². The Bertz CT molecular complexity index is 1340. The highest BCUT2D eigenvalue weighted by Gasteiger charge is 2.27. The number of carbonyl (C=O) groups is 1. The van der Waals surface area contributed by atoms with E-state index in [4.69, 9.17) is 14.5 Å². The number of methoxy groups -OCH3 is 2. The fourth-order valence-corrected chi connectivity index (χ4v) is 7.11. The lowest BCUT2D eigenvalue weighted by atomic mass is 10.2. The fourth-order valence-electron chi connectivity index (χ4n) is 4.35. The van der Waals surface area contributed by atoms with E-state index >= 15 is 0 Å². The first-order valence-corrected chi connectivity index (χ1v) is 15.7. The number of halogens is 1. The molecule has 0 fully saturated rings. The highest BCUT2D eigenvalue weighted by atomic mass is 35.5. The number of hydrogen-bond acceptors (Lipinski definition) is 8. The maximum absolute atomic E-state index is 13.8. The first-order valence-electron chi connectivity index (χ1n) is 13.5. The van der Waals surface area contributed by atoms with Crippen LogP contribution in [0.15, 0.2) is 41.3 Å². The maximum atomic E-state index is 13.8. The average Bonchev–Trinajstić information content (AvgIpc) is 3.31. The van der Waals surface area contributed by atoms with Crippen LogP contribution in [0.1, 0.15) is 44.5 Å². The van der Waals surface area contributed by atoms with Crippen LogP contribution in [0, 0.1) is 11.8 Å². The van der Waals surface area contributed by atoms with Gasteiger partial charge in [0, 0.05) is 37.3 Å². The van der Waals surface area contributed by atoms with Crippen molar-refractivity contribution in [2.45, 2.75) is 39.0 Å². The molecule has 0 saturated carbocycles. The minimum absolute atomic E-state index is 0. The number of thiazole rings is 1. The smallest absolute Gasteiger partial charge is 0.260 e. The van der Waals surface area contributed by atoms with Crippen LogP contribution in [0.3, 0.4) is 0 Å². The summed E-state index contributed by atoms with van der Waals surface area (Å²) in [4.78, 5) is 22.5. The molecule has 0 atom stereocenters. The van der Waals surface area contributed by atoms with E-state index in [0.717, 1.165) is 17.7 Å². The van der Waals surface area contributed by atoms with E-state index in [1.54, 1.807) is 37.3 Å². The molecule has 228 valence electrons. The highest BCUT2D eigenvalue weighted by molar-refractivity contribution is 7.89. The maximum Gasteiger partial charge on any atom is 0.260 e. The molecule has 0 spiro atoms. The Balaban J connectivity index is 0.00000588. The van der Waals surface area contributed by atoms with Gasteiger partial charge in [0.15, 0.2) is 16.6 Å². The molecule has 0 bridgehead atoms. The lowest BCUT2D eigenvalue weighted by Crippen LogP contribution is -2.37. The van der Waals surface area contributed by atoms with Gasteiger partial charge in [0.1, 0.15) is 0 Å². The van der Waals surface area contributed by atoms with Crippen LogP contribution in [-0.4, -0.2) is 83.0 Å². The first kappa shape index (κ1) is 34.8. The van der Waals surface area contributed by atoms with E-state index in [1.165, 1.54) is 27.8 Å². The van der Waals surface area contributed by atoms with Gasteiger partial charge in [-0.3, -0.25) is 9.69 Å². The quantitative estimate of drug-likeness (QED) is 0.229. The van der Waals surface area contributed by atoms with Gasteiger partial charge in [-0.05, 0) is 63.2 Å². The van der Waals surface area contributed by atoms with Gasteiger partial charge < -0.3 is 14.4 Å². The topological polar surface area (TPSA) is 92.3 Å². The Labute approximate surface area is 254 Å². The monoisotopic (exact) mass is 626 g/mol. The van der Waals surface area contributed by atoms with Gasteiger partial charge in [-0.15, -0.1) is 12.4 Å². The van der Waals surface area contributed by atoms with Crippen LogP contribution < -0.4 is 14.4 Å². The number of benzene rings is 2. The van der Waals surface area contributed by atoms with Gasteiger partial charge in [0.05, 0.1) is 29.3 Å². The number of hydrogen-bond donors (Lipinski definition) is 0. The second-order valence-corrected chi connectivity index (χ2v) is 13.9. The predicted molar refractivity (Wildman–Crippen MR) is 170 cm³/mol. The van der Waals surface area contributed by atoms with Crippen molar-refractivity contribution in [2.75, 3.05) is 59.4 Å². The number of rotatable bonds is 14. The van der Waals surface area contributed by atoms with Crippen LogP contribution in [0.2, 0.25) is 0 Å². The molecule has 9 nitrogen and oxygen atoms in total. The van der Waals surface area contributed by atoms with Crippen LogP contribution in [0.5, 0.6) is 11.5 Å². The van der Waals surface area contributed by atoms with Crippen molar-refractivity contribution in [2.24, 2.45) is 11.8 Å². The summed E-state index contributed by atoms with van der Waals surface area (Å²) in [5.74, 6) is 1.31. The Morgan fingerprint density at radius 1 is 0.927 bits per heavy atom. The molecule has 0 saturated heterocycles. The molecular weight excluding hydrogens is 584 g/mol. The zero-order valence-electron chi connectivity index (χ0n) is 25.2. The third-order valence-electron chi connectivity index (χ3n) is 6.22. The molecule has 1 amide bonds. The second kappa shape index (κ2) is 15.2. The molecule has 2 aromatic carbocycles. The normalized spacial score (nSPS) is 11.9. The highest BCUT2D eigenvalue weighted by Crippen LogP contribution is 2.37. The molecule has 0 unspecified atom stereocenters. The standard InChI is InChI=1S/C29H42N4O5S2.ClH/c1-20(2)18-32(19-21(3)4)40(35,36)23-12-10-22(11-13-23)28(34)33(15-9-14-31(5)6)29-30-24-16-25(37-7)26(38-8)17-27(24)39-29;/h10-13,16-17,20-21H,9,14-15,18-19H2,1-8H3;1H. The summed E-state index contributed by atoms with van der Waals surface area (Å²) in [6.45, 7) is 10.2. The molecule has 0 aliphatic carbocycles. The predicted octanol–water partition coefficient (Wildman–Crippen LogP) is 5.64. The van der Waals surface area contributed by atoms with E-state index in [1.807, 2.05) is 47.9 Å². The summed E-state index contributed by atoms with van der Waals surface area (Å²) in [7, 11) is 3.44. The molecule has 3 rings (SSSR count). The van der Waals surface area contributed by atoms with Crippen molar-refractivity contribution in [3.8, 4) is 11.5 Å². The van der Waals surface area contributed by atoms with E-state index in [9.17, 15) is 13.2 Å². The van der Waals surface area contributed by atoms with E-state index in [0.29, 0.717) is 47.3 Å². The van der Waals surface area contributed by atoms with Crippen molar-refractivity contribution in [1.82, 2.24) is 14.2 Å². The molecule has 0 aliphatic rings. The Kier molecular flexibility index (Phi) is 12.8. The molecule has 0 radical (unpaired) electrons. The summed E-state index contributed by atoms with van der Waals surface area (Å²) < 4.78 is 40.2. The summed E-state index contributed by atoms with van der Waals surface area (Å²) in [6, 6.07) is 9.91. The summed E-state index contributed by atoms with van der Waals surface area (Å²) in [6.07, 6.45) is 0.743.